The maximum absolute atomic E-state index is 5.25. The van der Waals surface area contributed by atoms with Crippen molar-refractivity contribution in [2.75, 3.05) is 13.7 Å². The lowest BCUT2D eigenvalue weighted by Crippen LogP contribution is -2.32. The Morgan fingerprint density at radius 1 is 0.833 bits per heavy atom. The van der Waals surface area contributed by atoms with Crippen LogP contribution in [-0.2, 0) is 0 Å². The van der Waals surface area contributed by atoms with E-state index in [9.17, 15) is 0 Å². The second kappa shape index (κ2) is 19.3. The minimum absolute atomic E-state index is 0.578. The van der Waals surface area contributed by atoms with Gasteiger partial charge < -0.3 is 10.1 Å². The van der Waals surface area contributed by atoms with Crippen LogP contribution in [0.15, 0.2) is 29.4 Å². The Morgan fingerprint density at radius 2 is 1.33 bits per heavy atom. The van der Waals surface area contributed by atoms with Crippen LogP contribution in [0.3, 0.4) is 0 Å². The first kappa shape index (κ1) is 26.4. The summed E-state index contributed by atoms with van der Waals surface area (Å²) < 4.78 is 5.14. The third-order valence-corrected chi connectivity index (χ3v) is 5.55. The minimum Gasteiger partial charge on any atom is -0.497 e. The highest BCUT2D eigenvalue weighted by Gasteiger charge is 1.96. The summed E-state index contributed by atoms with van der Waals surface area (Å²) >= 11 is 5.25. The summed E-state index contributed by atoms with van der Waals surface area (Å²) in [7, 11) is 1.66. The van der Waals surface area contributed by atoms with E-state index in [2.05, 4.69) is 22.8 Å². The zero-order valence-corrected chi connectivity index (χ0v) is 20.1. The van der Waals surface area contributed by atoms with E-state index < -0.39 is 0 Å². The number of methoxy groups -OCH3 is 1. The molecule has 0 aliphatic rings. The number of rotatable bonds is 18. The van der Waals surface area contributed by atoms with Crippen LogP contribution in [0.5, 0.6) is 5.75 Å². The van der Waals surface area contributed by atoms with Crippen LogP contribution < -0.4 is 15.5 Å². The average molecular weight is 434 g/mol. The number of hydrogen-bond acceptors (Lipinski definition) is 3. The van der Waals surface area contributed by atoms with Crippen molar-refractivity contribution >= 4 is 23.5 Å². The molecule has 0 unspecified atom stereocenters. The maximum atomic E-state index is 5.25. The summed E-state index contributed by atoms with van der Waals surface area (Å²) in [6.07, 6.45) is 21.0. The second-order valence-electron chi connectivity index (χ2n) is 8.00. The highest BCUT2D eigenvalue weighted by molar-refractivity contribution is 7.80. The smallest absolute Gasteiger partial charge is 0.186 e. The summed E-state index contributed by atoms with van der Waals surface area (Å²) in [5.41, 5.74) is 3.87. The van der Waals surface area contributed by atoms with E-state index in [0.29, 0.717) is 5.11 Å². The molecule has 4 nitrogen and oxygen atoms in total. The van der Waals surface area contributed by atoms with Crippen LogP contribution >= 0.6 is 12.2 Å². The predicted octanol–water partition coefficient (Wildman–Crippen LogP) is 6.97. The molecule has 0 amide bonds. The van der Waals surface area contributed by atoms with Crippen LogP contribution in [-0.4, -0.2) is 25.0 Å². The Morgan fingerprint density at radius 3 is 1.83 bits per heavy atom. The summed E-state index contributed by atoms with van der Waals surface area (Å²) in [4.78, 5) is 0. The SMILES string of the molecule is CCCCCCCCCCCCCCCCNC(=S)N/N=C\c1ccc(OC)cc1. The molecule has 170 valence electrons. The van der Waals surface area contributed by atoms with Gasteiger partial charge >= 0.3 is 0 Å². The number of nitrogens with zero attached hydrogens (tertiary/aromatic N) is 1. The molecule has 0 aliphatic carbocycles. The van der Waals surface area contributed by atoms with Gasteiger partial charge in [0.1, 0.15) is 5.75 Å². The Balaban J connectivity index is 1.86. The van der Waals surface area contributed by atoms with Crippen molar-refractivity contribution < 1.29 is 4.74 Å². The number of ether oxygens (including phenoxy) is 1. The van der Waals surface area contributed by atoms with E-state index in [1.807, 2.05) is 24.3 Å². The summed E-state index contributed by atoms with van der Waals surface area (Å²) in [6, 6.07) is 7.73. The van der Waals surface area contributed by atoms with Crippen LogP contribution in [0.1, 0.15) is 102 Å². The van der Waals surface area contributed by atoms with E-state index in [1.54, 1.807) is 13.3 Å². The standard InChI is InChI=1S/C25H43N3OS/c1-3-4-5-6-7-8-9-10-11-12-13-14-15-16-21-26-25(30)28-27-22-23-17-19-24(29-2)20-18-23/h17-20,22H,3-16,21H2,1-2H3,(H2,26,28,30)/b27-22-. The number of unbranched alkanes of at least 4 members (excludes halogenated alkanes) is 13. The third-order valence-electron chi connectivity index (χ3n) is 5.31. The molecule has 1 aromatic rings. The average Bonchev–Trinajstić information content (AvgIpc) is 2.77. The second-order valence-corrected chi connectivity index (χ2v) is 8.40. The van der Waals surface area contributed by atoms with Crippen molar-refractivity contribution in [1.82, 2.24) is 10.7 Å². The molecule has 1 aromatic carbocycles. The molecular formula is C25H43N3OS. The van der Waals surface area contributed by atoms with Gasteiger partial charge in [-0.25, -0.2) is 0 Å². The summed E-state index contributed by atoms with van der Waals surface area (Å²) in [5, 5.41) is 7.96. The van der Waals surface area contributed by atoms with Crippen LogP contribution in [0, 0.1) is 0 Å². The molecule has 2 N–H and O–H groups in total. The Bertz CT molecular complexity index is 560. The first-order valence-electron chi connectivity index (χ1n) is 12.0. The van der Waals surface area contributed by atoms with Crippen molar-refractivity contribution in [3.63, 3.8) is 0 Å². The fourth-order valence-electron chi connectivity index (χ4n) is 3.42. The molecule has 0 heterocycles. The highest BCUT2D eigenvalue weighted by Crippen LogP contribution is 2.13. The summed E-state index contributed by atoms with van der Waals surface area (Å²) in [6.45, 7) is 3.19. The maximum Gasteiger partial charge on any atom is 0.186 e. The Kier molecular flexibility index (Phi) is 17.0. The molecule has 0 fully saturated rings. The van der Waals surface area contributed by atoms with Gasteiger partial charge in [-0.2, -0.15) is 5.10 Å². The molecular weight excluding hydrogens is 390 g/mol. The van der Waals surface area contributed by atoms with Gasteiger partial charge in [0.2, 0.25) is 0 Å². The lowest BCUT2D eigenvalue weighted by Gasteiger charge is -2.07. The van der Waals surface area contributed by atoms with Crippen molar-refractivity contribution in [2.45, 2.75) is 96.8 Å². The zero-order valence-electron chi connectivity index (χ0n) is 19.3. The monoisotopic (exact) mass is 433 g/mol. The minimum atomic E-state index is 0.578. The molecule has 0 radical (unpaired) electrons. The predicted molar refractivity (Wildman–Crippen MR) is 135 cm³/mol. The third kappa shape index (κ3) is 15.3. The van der Waals surface area contributed by atoms with Crippen LogP contribution in [0.25, 0.3) is 0 Å². The van der Waals surface area contributed by atoms with Crippen LogP contribution in [0.2, 0.25) is 0 Å². The van der Waals surface area contributed by atoms with Crippen molar-refractivity contribution in [2.24, 2.45) is 5.10 Å². The molecule has 0 spiro atoms. The first-order valence-corrected chi connectivity index (χ1v) is 12.4. The van der Waals surface area contributed by atoms with Gasteiger partial charge in [-0.1, -0.05) is 90.4 Å². The lowest BCUT2D eigenvalue weighted by molar-refractivity contribution is 0.415. The molecule has 0 saturated heterocycles. The molecule has 0 atom stereocenters. The van der Waals surface area contributed by atoms with Gasteiger partial charge in [0, 0.05) is 6.54 Å². The first-order chi connectivity index (χ1) is 14.8. The quantitative estimate of drug-likeness (QED) is 0.113. The molecule has 0 saturated carbocycles. The van der Waals surface area contributed by atoms with Gasteiger partial charge in [-0.3, -0.25) is 5.43 Å². The summed E-state index contributed by atoms with van der Waals surface area (Å²) in [5.74, 6) is 0.838. The molecule has 30 heavy (non-hydrogen) atoms. The van der Waals surface area contributed by atoms with Gasteiger partial charge in [-0.15, -0.1) is 0 Å². The number of thiocarbonyl (C=S) groups is 1. The topological polar surface area (TPSA) is 45.7 Å². The largest absolute Gasteiger partial charge is 0.497 e. The van der Waals surface area contributed by atoms with E-state index >= 15 is 0 Å². The number of nitrogens with one attached hydrogen (secondary N) is 2. The van der Waals surface area contributed by atoms with E-state index in [4.69, 9.17) is 17.0 Å². The van der Waals surface area contributed by atoms with Crippen molar-refractivity contribution in [3.8, 4) is 5.75 Å². The normalized spacial score (nSPS) is 11.0. The van der Waals surface area contributed by atoms with Crippen molar-refractivity contribution in [1.29, 1.82) is 0 Å². The van der Waals surface area contributed by atoms with E-state index in [1.165, 1.54) is 83.5 Å². The van der Waals surface area contributed by atoms with E-state index in [-0.39, 0.29) is 0 Å². The molecule has 0 bridgehead atoms. The van der Waals surface area contributed by atoms with Gasteiger partial charge in [0.05, 0.1) is 13.3 Å². The Labute approximate surface area is 190 Å². The van der Waals surface area contributed by atoms with E-state index in [0.717, 1.165) is 24.3 Å². The fraction of sp³-hybridized carbons (Fsp3) is 0.680. The Hall–Kier alpha value is -1.62. The molecule has 0 aromatic heterocycles. The van der Waals surface area contributed by atoms with Crippen LogP contribution in [0.4, 0.5) is 0 Å². The number of hydrogen-bond donors (Lipinski definition) is 2. The molecule has 1 rings (SSSR count). The van der Waals surface area contributed by atoms with Crippen molar-refractivity contribution in [3.05, 3.63) is 29.8 Å². The number of hydrazone groups is 1. The molecule has 5 heteroatoms. The van der Waals surface area contributed by atoms with Gasteiger partial charge in [0.25, 0.3) is 0 Å². The number of benzene rings is 1. The fourth-order valence-corrected chi connectivity index (χ4v) is 3.57. The zero-order chi connectivity index (χ0) is 21.7. The molecule has 0 aliphatic heterocycles. The van der Waals surface area contributed by atoms with Gasteiger partial charge in [-0.05, 0) is 48.5 Å². The van der Waals surface area contributed by atoms with Gasteiger partial charge in [0.15, 0.2) is 5.11 Å². The highest BCUT2D eigenvalue weighted by atomic mass is 32.1. The lowest BCUT2D eigenvalue weighted by atomic mass is 10.0.